The summed E-state index contributed by atoms with van der Waals surface area (Å²) in [6.07, 6.45) is 1.44. The summed E-state index contributed by atoms with van der Waals surface area (Å²) in [4.78, 5) is 37.1. The number of rotatable bonds is 6. The fourth-order valence-corrected chi connectivity index (χ4v) is 6.75. The molecule has 2 atom stereocenters. The van der Waals surface area contributed by atoms with E-state index in [1.807, 2.05) is 35.9 Å². The smallest absolute Gasteiger partial charge is 0.338 e. The molecule has 2 aromatic carbocycles. The van der Waals surface area contributed by atoms with Crippen LogP contribution < -0.4 is 10.5 Å². The molecule has 1 amide bonds. The molecule has 0 unspecified atom stereocenters. The van der Waals surface area contributed by atoms with Gasteiger partial charge in [-0.2, -0.15) is 0 Å². The zero-order valence-corrected chi connectivity index (χ0v) is 25.1. The number of halogens is 1. The number of amides is 1. The first kappa shape index (κ1) is 27.8. The molecule has 2 aliphatic heterocycles. The number of methoxy groups -OCH3 is 1. The first-order valence-electron chi connectivity index (χ1n) is 15.3. The number of hydrogen-bond donors (Lipinski definition) is 1. The molecule has 1 saturated heterocycles. The highest BCUT2D eigenvalue weighted by molar-refractivity contribution is 6.00. The summed E-state index contributed by atoms with van der Waals surface area (Å²) in [6.45, 7) is 1.41. The van der Waals surface area contributed by atoms with Gasteiger partial charge in [-0.3, -0.25) is 4.79 Å². The molecule has 3 aliphatic rings. The van der Waals surface area contributed by atoms with Crippen LogP contribution in [0.4, 0.5) is 4.39 Å². The number of piperidine rings is 1. The van der Waals surface area contributed by atoms with Gasteiger partial charge in [-0.05, 0) is 67.6 Å². The number of ether oxygens (including phenoxy) is 2. The SMILES string of the molecule is COc1cc(C(=O)N2C[C@H](N)C[C@@H](F)C2)cc2nc(-c3cc4ccc(-c5ccc6c(c5)COC6=O)nc4n3CC3CC3)n(C)c12. The number of cyclic esters (lactones) is 1. The first-order valence-corrected chi connectivity index (χ1v) is 15.3. The highest BCUT2D eigenvalue weighted by Gasteiger charge is 2.31. The molecule has 0 bridgehead atoms. The Labute approximate surface area is 258 Å². The predicted molar refractivity (Wildman–Crippen MR) is 167 cm³/mol. The van der Waals surface area contributed by atoms with Crippen molar-refractivity contribution in [3.05, 3.63) is 65.2 Å². The lowest BCUT2D eigenvalue weighted by atomic mass is 10.0. The minimum absolute atomic E-state index is 0.0218. The number of fused-ring (bicyclic) bond motifs is 3. The molecule has 5 heterocycles. The van der Waals surface area contributed by atoms with Gasteiger partial charge in [-0.1, -0.05) is 6.07 Å². The number of nitrogens with two attached hydrogens (primary N) is 1. The lowest BCUT2D eigenvalue weighted by Crippen LogP contribution is -2.50. The maximum absolute atomic E-state index is 14.3. The van der Waals surface area contributed by atoms with Crippen molar-refractivity contribution in [3.8, 4) is 28.5 Å². The third-order valence-corrected chi connectivity index (χ3v) is 9.21. The van der Waals surface area contributed by atoms with Crippen LogP contribution in [0.15, 0.2) is 48.5 Å². The van der Waals surface area contributed by atoms with Crippen LogP contribution in [0.25, 0.3) is 44.8 Å². The van der Waals surface area contributed by atoms with Crippen LogP contribution in [-0.4, -0.2) is 68.3 Å². The van der Waals surface area contributed by atoms with Gasteiger partial charge in [0.25, 0.3) is 5.91 Å². The second-order valence-corrected chi connectivity index (χ2v) is 12.5. The van der Waals surface area contributed by atoms with Gasteiger partial charge in [-0.25, -0.2) is 19.2 Å². The number of alkyl halides is 1. The molecule has 45 heavy (non-hydrogen) atoms. The van der Waals surface area contributed by atoms with E-state index in [1.165, 1.54) is 17.7 Å². The zero-order chi connectivity index (χ0) is 31.0. The minimum Gasteiger partial charge on any atom is -0.494 e. The van der Waals surface area contributed by atoms with Crippen LogP contribution in [0.5, 0.6) is 5.75 Å². The monoisotopic (exact) mass is 608 g/mol. The van der Waals surface area contributed by atoms with E-state index in [-0.39, 0.29) is 31.4 Å². The van der Waals surface area contributed by atoms with E-state index in [1.54, 1.807) is 19.2 Å². The maximum Gasteiger partial charge on any atom is 0.338 e. The summed E-state index contributed by atoms with van der Waals surface area (Å²) in [5.74, 6) is 1.23. The van der Waals surface area contributed by atoms with Gasteiger partial charge in [-0.15, -0.1) is 0 Å². The number of carbonyl (C=O) groups is 2. The Morgan fingerprint density at radius 2 is 1.96 bits per heavy atom. The average molecular weight is 609 g/mol. The fourth-order valence-electron chi connectivity index (χ4n) is 6.75. The average Bonchev–Trinajstić information content (AvgIpc) is 3.56. The fraction of sp³-hybridized carbons (Fsp3) is 0.353. The molecule has 5 aromatic rings. The number of aryl methyl sites for hydroxylation is 1. The van der Waals surface area contributed by atoms with Crippen molar-refractivity contribution >= 4 is 33.9 Å². The topological polar surface area (TPSA) is 118 Å². The molecule has 0 radical (unpaired) electrons. The van der Waals surface area contributed by atoms with Crippen LogP contribution in [0.3, 0.4) is 0 Å². The Bertz CT molecular complexity index is 2020. The summed E-state index contributed by atoms with van der Waals surface area (Å²) >= 11 is 0. The Kier molecular flexibility index (Phi) is 6.42. The van der Waals surface area contributed by atoms with Crippen LogP contribution >= 0.6 is 0 Å². The molecule has 1 saturated carbocycles. The highest BCUT2D eigenvalue weighted by Crippen LogP contribution is 2.38. The Morgan fingerprint density at radius 3 is 2.73 bits per heavy atom. The van der Waals surface area contributed by atoms with Crippen molar-refractivity contribution < 1.29 is 23.5 Å². The zero-order valence-electron chi connectivity index (χ0n) is 25.1. The number of imidazole rings is 1. The number of hydrogen-bond acceptors (Lipinski definition) is 7. The van der Waals surface area contributed by atoms with E-state index >= 15 is 0 Å². The molecule has 230 valence electrons. The molecule has 1 aliphatic carbocycles. The van der Waals surface area contributed by atoms with E-state index in [4.69, 9.17) is 25.2 Å². The van der Waals surface area contributed by atoms with E-state index in [0.29, 0.717) is 34.9 Å². The minimum atomic E-state index is -1.15. The molecule has 11 heteroatoms. The van der Waals surface area contributed by atoms with Gasteiger partial charge in [0.15, 0.2) is 5.82 Å². The summed E-state index contributed by atoms with van der Waals surface area (Å²) in [6, 6.07) is 14.9. The number of esters is 1. The van der Waals surface area contributed by atoms with E-state index in [9.17, 15) is 14.0 Å². The number of aromatic nitrogens is 4. The van der Waals surface area contributed by atoms with Gasteiger partial charge in [0, 0.05) is 48.3 Å². The summed E-state index contributed by atoms with van der Waals surface area (Å²) < 4.78 is 29.5. The summed E-state index contributed by atoms with van der Waals surface area (Å²) in [7, 11) is 3.51. The number of pyridine rings is 1. The third kappa shape index (κ3) is 4.73. The predicted octanol–water partition coefficient (Wildman–Crippen LogP) is 4.86. The standard InChI is InChI=1S/C34H33FN6O4/c1-39-30-27(10-21(12-29(30)44-2)33(42)40-15-23(35)13-24(36)16-40)38-32(39)28-11-20-6-8-26(37-31(20)41(28)14-18-3-4-18)19-5-7-25-22(9-19)17-45-34(25)43/h5-12,18,23-24H,3-4,13-17,36H2,1-2H3/t23-,24-/m1/s1. The van der Waals surface area contributed by atoms with Gasteiger partial charge < -0.3 is 29.2 Å². The van der Waals surface area contributed by atoms with Crippen LogP contribution in [-0.2, 0) is 24.9 Å². The van der Waals surface area contributed by atoms with Gasteiger partial charge in [0.2, 0.25) is 0 Å². The van der Waals surface area contributed by atoms with Crippen LogP contribution in [0.1, 0.15) is 45.5 Å². The second kappa shape index (κ2) is 10.4. The van der Waals surface area contributed by atoms with E-state index in [2.05, 4.69) is 16.7 Å². The molecular formula is C34H33FN6O4. The molecule has 2 fully saturated rings. The van der Waals surface area contributed by atoms with Crippen molar-refractivity contribution in [1.82, 2.24) is 24.0 Å². The second-order valence-electron chi connectivity index (χ2n) is 12.5. The Hall–Kier alpha value is -4.77. The lowest BCUT2D eigenvalue weighted by molar-refractivity contribution is 0.0534. The van der Waals surface area contributed by atoms with Crippen molar-refractivity contribution in [3.63, 3.8) is 0 Å². The van der Waals surface area contributed by atoms with Gasteiger partial charge in [0.1, 0.15) is 29.7 Å². The normalized spacial score (nSPS) is 19.7. The van der Waals surface area contributed by atoms with Crippen molar-refractivity contribution in [2.24, 2.45) is 18.7 Å². The molecule has 0 spiro atoms. The maximum atomic E-state index is 14.3. The van der Waals surface area contributed by atoms with Gasteiger partial charge >= 0.3 is 5.97 Å². The molecule has 8 rings (SSSR count). The quantitative estimate of drug-likeness (QED) is 0.274. The first-order chi connectivity index (χ1) is 21.8. The summed E-state index contributed by atoms with van der Waals surface area (Å²) in [5.41, 5.74) is 12.8. The van der Waals surface area contributed by atoms with E-state index in [0.717, 1.165) is 51.4 Å². The Morgan fingerprint density at radius 1 is 1.11 bits per heavy atom. The van der Waals surface area contributed by atoms with Crippen LogP contribution in [0.2, 0.25) is 0 Å². The number of carbonyl (C=O) groups excluding carboxylic acids is 2. The molecule has 10 nitrogen and oxygen atoms in total. The third-order valence-electron chi connectivity index (χ3n) is 9.21. The molecule has 2 N–H and O–H groups in total. The molecule has 3 aromatic heterocycles. The molecular weight excluding hydrogens is 575 g/mol. The summed E-state index contributed by atoms with van der Waals surface area (Å²) in [5, 5.41) is 0.992. The van der Waals surface area contributed by atoms with Crippen molar-refractivity contribution in [2.75, 3.05) is 20.2 Å². The van der Waals surface area contributed by atoms with Gasteiger partial charge in [0.05, 0.1) is 36.1 Å². The lowest BCUT2D eigenvalue weighted by Gasteiger charge is -2.33. The number of benzene rings is 2. The van der Waals surface area contributed by atoms with E-state index < -0.39 is 12.2 Å². The largest absolute Gasteiger partial charge is 0.494 e. The Balaban J connectivity index is 1.22. The van der Waals surface area contributed by atoms with Crippen molar-refractivity contribution in [1.29, 1.82) is 0 Å². The number of likely N-dealkylation sites (tertiary alicyclic amines) is 1. The van der Waals surface area contributed by atoms with Crippen molar-refractivity contribution in [2.45, 2.75) is 44.6 Å². The number of nitrogens with zero attached hydrogens (tertiary/aromatic N) is 5. The highest BCUT2D eigenvalue weighted by atomic mass is 19.1. The van der Waals surface area contributed by atoms with Crippen LogP contribution in [0, 0.1) is 5.92 Å².